The molecule has 0 radical (unpaired) electrons. The number of ether oxygens (including phenoxy) is 1. The topological polar surface area (TPSA) is 66.4 Å². The summed E-state index contributed by atoms with van der Waals surface area (Å²) in [5.74, 6) is 2.10. The van der Waals surface area contributed by atoms with E-state index >= 15 is 0 Å². The molecule has 0 rings (SSSR count). The van der Waals surface area contributed by atoms with Crippen molar-refractivity contribution in [3.05, 3.63) is 0 Å². The Bertz CT molecular complexity index is 255. The van der Waals surface area contributed by atoms with Crippen LogP contribution in [0.3, 0.4) is 0 Å². The van der Waals surface area contributed by atoms with E-state index in [1.165, 1.54) is 0 Å². The summed E-state index contributed by atoms with van der Waals surface area (Å²) >= 11 is 0. The maximum absolute atomic E-state index is 10.1. The van der Waals surface area contributed by atoms with Crippen LogP contribution in [0.1, 0.15) is 19.3 Å². The minimum absolute atomic E-state index is 0. The Hall–Kier alpha value is 0.430. The first kappa shape index (κ1) is 16.8. The Balaban J connectivity index is 0. The second-order valence-corrected chi connectivity index (χ2v) is 4.06. The summed E-state index contributed by atoms with van der Waals surface area (Å²) in [6, 6.07) is 0. The molecule has 0 aliphatic rings. The third kappa shape index (κ3) is 14.9. The van der Waals surface area contributed by atoms with Crippen LogP contribution in [0.15, 0.2) is 0 Å². The van der Waals surface area contributed by atoms with Gasteiger partial charge in [-0.05, 0) is 12.8 Å². The second-order valence-electron chi connectivity index (χ2n) is 2.54. The molecule has 0 bridgehead atoms. The summed E-state index contributed by atoms with van der Waals surface area (Å²) in [6.45, 7) is 0.942. The van der Waals surface area contributed by atoms with E-state index in [1.807, 2.05) is 0 Å². The molecular formula is C8H13NaO4S. The minimum atomic E-state index is -4.06. The van der Waals surface area contributed by atoms with Gasteiger partial charge in [-0.15, -0.1) is 12.3 Å². The number of rotatable bonds is 7. The van der Waals surface area contributed by atoms with Gasteiger partial charge in [0, 0.05) is 18.8 Å². The molecule has 0 aliphatic carbocycles. The smallest absolute Gasteiger partial charge is 0.748 e. The van der Waals surface area contributed by atoms with E-state index in [2.05, 4.69) is 5.92 Å². The van der Waals surface area contributed by atoms with E-state index in [0.717, 1.165) is 0 Å². The van der Waals surface area contributed by atoms with Gasteiger partial charge >= 0.3 is 29.6 Å². The summed E-state index contributed by atoms with van der Waals surface area (Å²) in [4.78, 5) is 0. The standard InChI is InChI=1S/C8H14O4S.Na/c1-2-3-6-12-7-4-5-8-13(9,10)11;/h1H,3-8H2,(H,9,10,11);/q;+1/p-1. The number of hydrogen-bond acceptors (Lipinski definition) is 4. The molecule has 0 amide bonds. The van der Waals surface area contributed by atoms with Crippen molar-refractivity contribution >= 4 is 10.1 Å². The maximum atomic E-state index is 10.1. The van der Waals surface area contributed by atoms with E-state index < -0.39 is 10.1 Å². The molecule has 0 aliphatic heterocycles. The number of terminal acetylenes is 1. The number of hydrogen-bond donors (Lipinski definition) is 0. The molecule has 0 aromatic carbocycles. The summed E-state index contributed by atoms with van der Waals surface area (Å²) < 4.78 is 35.5. The molecule has 14 heavy (non-hydrogen) atoms. The Morgan fingerprint density at radius 3 is 2.43 bits per heavy atom. The van der Waals surface area contributed by atoms with Gasteiger partial charge in [0.1, 0.15) is 0 Å². The second kappa shape index (κ2) is 9.97. The van der Waals surface area contributed by atoms with Crippen LogP contribution in [0.2, 0.25) is 0 Å². The van der Waals surface area contributed by atoms with Gasteiger partial charge in [0.15, 0.2) is 0 Å². The van der Waals surface area contributed by atoms with E-state index in [9.17, 15) is 13.0 Å². The quantitative estimate of drug-likeness (QED) is 0.207. The molecule has 0 spiro atoms. The molecule has 0 saturated carbocycles. The fourth-order valence-corrected chi connectivity index (χ4v) is 1.27. The van der Waals surface area contributed by atoms with Crippen molar-refractivity contribution in [3.63, 3.8) is 0 Å². The summed E-state index contributed by atoms with van der Waals surface area (Å²) in [5.41, 5.74) is 0. The van der Waals surface area contributed by atoms with Gasteiger partial charge < -0.3 is 9.29 Å². The molecule has 0 heterocycles. The van der Waals surface area contributed by atoms with Crippen molar-refractivity contribution in [1.82, 2.24) is 0 Å². The Kier molecular flexibility index (Phi) is 12.0. The summed E-state index contributed by atoms with van der Waals surface area (Å²) in [7, 11) is -4.06. The van der Waals surface area contributed by atoms with Crippen LogP contribution in [-0.2, 0) is 14.9 Å². The molecule has 0 atom stereocenters. The first-order valence-electron chi connectivity index (χ1n) is 4.01. The zero-order chi connectivity index (χ0) is 10.2. The van der Waals surface area contributed by atoms with Crippen molar-refractivity contribution in [2.45, 2.75) is 19.3 Å². The van der Waals surface area contributed by atoms with Gasteiger partial charge in [-0.25, -0.2) is 8.42 Å². The molecule has 6 heteroatoms. The van der Waals surface area contributed by atoms with Crippen LogP contribution in [0.25, 0.3) is 0 Å². The van der Waals surface area contributed by atoms with Gasteiger partial charge in [-0.3, -0.25) is 0 Å². The molecule has 4 nitrogen and oxygen atoms in total. The van der Waals surface area contributed by atoms with Crippen molar-refractivity contribution < 1.29 is 47.3 Å². The SMILES string of the molecule is C#CCCOCCCCS(=O)(=O)[O-].[Na+]. The largest absolute Gasteiger partial charge is 1.00 e. The van der Waals surface area contributed by atoms with E-state index in [4.69, 9.17) is 11.2 Å². The van der Waals surface area contributed by atoms with Crippen LogP contribution in [0, 0.1) is 12.3 Å². The molecule has 0 N–H and O–H groups in total. The molecule has 0 unspecified atom stereocenters. The first-order chi connectivity index (χ1) is 6.06. The molecule has 0 fully saturated rings. The van der Waals surface area contributed by atoms with Crippen LogP contribution >= 0.6 is 0 Å². The van der Waals surface area contributed by atoms with Gasteiger partial charge in [0.2, 0.25) is 0 Å². The van der Waals surface area contributed by atoms with Crippen LogP contribution in [0.5, 0.6) is 0 Å². The summed E-state index contributed by atoms with van der Waals surface area (Å²) in [6.07, 6.45) is 6.46. The Morgan fingerprint density at radius 2 is 1.93 bits per heavy atom. The third-order valence-electron chi connectivity index (χ3n) is 1.32. The molecule has 0 aromatic rings. The van der Waals surface area contributed by atoms with E-state index in [-0.39, 0.29) is 35.3 Å². The van der Waals surface area contributed by atoms with Crippen LogP contribution in [0.4, 0.5) is 0 Å². The monoisotopic (exact) mass is 228 g/mol. The van der Waals surface area contributed by atoms with E-state index in [0.29, 0.717) is 32.5 Å². The molecule has 76 valence electrons. The number of unbranched alkanes of at least 4 members (excludes halogenated alkanes) is 1. The zero-order valence-electron chi connectivity index (χ0n) is 8.36. The summed E-state index contributed by atoms with van der Waals surface area (Å²) in [5, 5.41) is 0. The van der Waals surface area contributed by atoms with Gasteiger partial charge in [0.05, 0.1) is 16.7 Å². The van der Waals surface area contributed by atoms with Gasteiger partial charge in [0.25, 0.3) is 0 Å². The third-order valence-corrected chi connectivity index (χ3v) is 2.11. The Morgan fingerprint density at radius 1 is 1.29 bits per heavy atom. The predicted molar refractivity (Wildman–Crippen MR) is 48.1 cm³/mol. The first-order valence-corrected chi connectivity index (χ1v) is 5.59. The predicted octanol–water partition coefficient (Wildman–Crippen LogP) is -2.64. The fraction of sp³-hybridized carbons (Fsp3) is 0.750. The van der Waals surface area contributed by atoms with Crippen LogP contribution in [-0.4, -0.2) is 31.9 Å². The van der Waals surface area contributed by atoms with Crippen molar-refractivity contribution in [3.8, 4) is 12.3 Å². The molecule has 0 saturated heterocycles. The molecule has 0 aromatic heterocycles. The maximum Gasteiger partial charge on any atom is 1.00 e. The average Bonchev–Trinajstić information content (AvgIpc) is 2.01. The fourth-order valence-electron chi connectivity index (χ4n) is 0.716. The minimum Gasteiger partial charge on any atom is -0.748 e. The van der Waals surface area contributed by atoms with Crippen molar-refractivity contribution in [1.29, 1.82) is 0 Å². The average molecular weight is 228 g/mol. The Labute approximate surface area is 107 Å². The van der Waals surface area contributed by atoms with Crippen molar-refractivity contribution in [2.75, 3.05) is 19.0 Å². The van der Waals surface area contributed by atoms with E-state index in [1.54, 1.807) is 0 Å². The van der Waals surface area contributed by atoms with Gasteiger partial charge in [-0.1, -0.05) is 0 Å². The van der Waals surface area contributed by atoms with Gasteiger partial charge in [-0.2, -0.15) is 0 Å². The zero-order valence-corrected chi connectivity index (χ0v) is 11.2. The van der Waals surface area contributed by atoms with Crippen molar-refractivity contribution in [2.24, 2.45) is 0 Å². The normalized spacial score (nSPS) is 10.3. The van der Waals surface area contributed by atoms with Crippen LogP contribution < -0.4 is 29.6 Å². The molecular weight excluding hydrogens is 215 g/mol.